The average Bonchev–Trinajstić information content (AvgIpc) is 3.24. The van der Waals surface area contributed by atoms with Crippen LogP contribution in [0.4, 0.5) is 0 Å². The summed E-state index contributed by atoms with van der Waals surface area (Å²) in [6.07, 6.45) is 3.00. The van der Waals surface area contributed by atoms with Crippen molar-refractivity contribution in [3.63, 3.8) is 0 Å². The first-order valence-corrected chi connectivity index (χ1v) is 6.96. The van der Waals surface area contributed by atoms with Crippen LogP contribution in [0, 0.1) is 5.41 Å². The van der Waals surface area contributed by atoms with Gasteiger partial charge < -0.3 is 14.7 Å². The number of nitrogens with one attached hydrogen (secondary N) is 1. The number of aromatic nitrogens is 2. The van der Waals surface area contributed by atoms with E-state index in [0.29, 0.717) is 17.6 Å². The van der Waals surface area contributed by atoms with Crippen LogP contribution in [-0.4, -0.2) is 20.6 Å². The Morgan fingerprint density at radius 2 is 2.10 bits per heavy atom. The van der Waals surface area contributed by atoms with E-state index in [1.54, 1.807) is 0 Å². The third kappa shape index (κ3) is 2.26. The molecule has 1 aliphatic rings. The number of benzene rings is 1. The van der Waals surface area contributed by atoms with Crippen LogP contribution in [0.15, 0.2) is 27.8 Å². The van der Waals surface area contributed by atoms with E-state index >= 15 is 0 Å². The van der Waals surface area contributed by atoms with Crippen molar-refractivity contribution in [2.75, 3.05) is 0 Å². The van der Waals surface area contributed by atoms with E-state index in [2.05, 4.69) is 11.9 Å². The minimum Gasteiger partial charge on any atom is -0.478 e. The SMILES string of the molecule is CCC1(Cn2c(=O)c(=O)[nH]c3ccc(C(=O)O)cc32)CC1. The van der Waals surface area contributed by atoms with Crippen molar-refractivity contribution >= 4 is 17.0 Å². The Morgan fingerprint density at radius 3 is 2.67 bits per heavy atom. The molecule has 0 atom stereocenters. The fourth-order valence-corrected chi connectivity index (χ4v) is 2.69. The maximum absolute atomic E-state index is 12.2. The summed E-state index contributed by atoms with van der Waals surface area (Å²) in [6.45, 7) is 2.53. The highest BCUT2D eigenvalue weighted by Crippen LogP contribution is 2.49. The van der Waals surface area contributed by atoms with Gasteiger partial charge in [0.15, 0.2) is 0 Å². The second-order valence-electron chi connectivity index (χ2n) is 5.74. The fourth-order valence-electron chi connectivity index (χ4n) is 2.69. The van der Waals surface area contributed by atoms with E-state index in [1.165, 1.54) is 22.8 Å². The van der Waals surface area contributed by atoms with Gasteiger partial charge in [0, 0.05) is 6.54 Å². The molecular formula is C15H16N2O4. The van der Waals surface area contributed by atoms with Crippen LogP contribution in [0.3, 0.4) is 0 Å². The number of carboxylic acid groups (broad SMARTS) is 1. The van der Waals surface area contributed by atoms with Crippen LogP contribution >= 0.6 is 0 Å². The Hall–Kier alpha value is -2.37. The molecule has 3 rings (SSSR count). The summed E-state index contributed by atoms with van der Waals surface area (Å²) in [7, 11) is 0. The monoisotopic (exact) mass is 288 g/mol. The molecule has 1 aromatic carbocycles. The van der Waals surface area contributed by atoms with Crippen molar-refractivity contribution < 1.29 is 9.90 Å². The van der Waals surface area contributed by atoms with Crippen molar-refractivity contribution in [3.05, 3.63) is 44.5 Å². The highest BCUT2D eigenvalue weighted by molar-refractivity contribution is 5.92. The number of rotatable bonds is 4. The Bertz CT molecular complexity index is 843. The predicted octanol–water partition coefficient (Wildman–Crippen LogP) is 1.58. The van der Waals surface area contributed by atoms with Crippen molar-refractivity contribution in [2.45, 2.75) is 32.7 Å². The Labute approximate surface area is 120 Å². The number of nitrogens with zero attached hydrogens (tertiary/aromatic N) is 1. The fraction of sp³-hybridized carbons (Fsp3) is 0.400. The van der Waals surface area contributed by atoms with Gasteiger partial charge in [-0.2, -0.15) is 0 Å². The number of carbonyl (C=O) groups is 1. The maximum Gasteiger partial charge on any atom is 0.335 e. The highest BCUT2D eigenvalue weighted by atomic mass is 16.4. The number of hydrogen-bond acceptors (Lipinski definition) is 3. The Balaban J connectivity index is 2.25. The lowest BCUT2D eigenvalue weighted by molar-refractivity contribution is 0.0697. The zero-order valence-electron chi connectivity index (χ0n) is 11.7. The second kappa shape index (κ2) is 4.58. The third-order valence-corrected chi connectivity index (χ3v) is 4.42. The molecule has 0 bridgehead atoms. The van der Waals surface area contributed by atoms with Gasteiger partial charge in [0.25, 0.3) is 0 Å². The number of H-pyrrole nitrogens is 1. The summed E-state index contributed by atoms with van der Waals surface area (Å²) in [6, 6.07) is 4.39. The van der Waals surface area contributed by atoms with Crippen LogP contribution in [0.25, 0.3) is 11.0 Å². The maximum atomic E-state index is 12.2. The molecule has 1 aromatic heterocycles. The topological polar surface area (TPSA) is 92.2 Å². The molecule has 1 saturated carbocycles. The van der Waals surface area contributed by atoms with Crippen LogP contribution < -0.4 is 11.1 Å². The largest absolute Gasteiger partial charge is 0.478 e. The smallest absolute Gasteiger partial charge is 0.335 e. The third-order valence-electron chi connectivity index (χ3n) is 4.42. The Morgan fingerprint density at radius 1 is 1.38 bits per heavy atom. The van der Waals surface area contributed by atoms with Gasteiger partial charge in [-0.3, -0.25) is 9.59 Å². The first-order valence-electron chi connectivity index (χ1n) is 6.96. The first-order chi connectivity index (χ1) is 9.96. The average molecular weight is 288 g/mol. The lowest BCUT2D eigenvalue weighted by Gasteiger charge is -2.16. The second-order valence-corrected chi connectivity index (χ2v) is 5.74. The van der Waals surface area contributed by atoms with Gasteiger partial charge in [0.2, 0.25) is 0 Å². The van der Waals surface area contributed by atoms with E-state index in [0.717, 1.165) is 19.3 Å². The first kappa shape index (κ1) is 13.6. The minimum absolute atomic E-state index is 0.0732. The molecule has 1 aliphatic carbocycles. The minimum atomic E-state index is -1.06. The van der Waals surface area contributed by atoms with Gasteiger partial charge in [-0.05, 0) is 42.9 Å². The van der Waals surface area contributed by atoms with E-state index in [4.69, 9.17) is 5.11 Å². The molecule has 2 N–H and O–H groups in total. The highest BCUT2D eigenvalue weighted by Gasteiger charge is 2.41. The molecule has 21 heavy (non-hydrogen) atoms. The van der Waals surface area contributed by atoms with Crippen molar-refractivity contribution in [1.82, 2.24) is 9.55 Å². The van der Waals surface area contributed by atoms with Gasteiger partial charge in [0.1, 0.15) is 0 Å². The van der Waals surface area contributed by atoms with Gasteiger partial charge in [-0.1, -0.05) is 6.92 Å². The molecule has 1 heterocycles. The number of aromatic amines is 1. The van der Waals surface area contributed by atoms with Crippen molar-refractivity contribution in [1.29, 1.82) is 0 Å². The Kier molecular flexibility index (Phi) is 2.97. The molecule has 6 nitrogen and oxygen atoms in total. The number of fused-ring (bicyclic) bond motifs is 1. The lowest BCUT2D eigenvalue weighted by atomic mass is 10.0. The number of hydrogen-bond donors (Lipinski definition) is 2. The summed E-state index contributed by atoms with van der Waals surface area (Å²) in [4.78, 5) is 37.5. The standard InChI is InChI=1S/C15H16N2O4/c1-2-15(5-6-15)8-17-11-7-9(14(20)21)3-4-10(11)16-12(18)13(17)19/h3-4,7H,2,5-6,8H2,1H3,(H,16,18)(H,20,21). The van der Waals surface area contributed by atoms with Crippen LogP contribution in [0.2, 0.25) is 0 Å². The number of carboxylic acids is 1. The summed E-state index contributed by atoms with van der Waals surface area (Å²) in [5.74, 6) is -1.06. The molecular weight excluding hydrogens is 272 g/mol. The molecule has 0 amide bonds. The van der Waals surface area contributed by atoms with E-state index in [-0.39, 0.29) is 11.0 Å². The summed E-state index contributed by atoms with van der Waals surface area (Å²) >= 11 is 0. The molecule has 0 unspecified atom stereocenters. The van der Waals surface area contributed by atoms with Crippen LogP contribution in [-0.2, 0) is 6.54 Å². The molecule has 0 aliphatic heterocycles. The van der Waals surface area contributed by atoms with Crippen LogP contribution in [0.1, 0.15) is 36.5 Å². The van der Waals surface area contributed by atoms with Crippen molar-refractivity contribution in [2.24, 2.45) is 5.41 Å². The summed E-state index contributed by atoms with van der Waals surface area (Å²) < 4.78 is 1.43. The normalized spacial score (nSPS) is 16.0. The molecule has 2 aromatic rings. The van der Waals surface area contributed by atoms with Gasteiger partial charge >= 0.3 is 17.1 Å². The summed E-state index contributed by atoms with van der Waals surface area (Å²) in [5.41, 5.74) is -0.161. The van der Waals surface area contributed by atoms with Crippen molar-refractivity contribution in [3.8, 4) is 0 Å². The van der Waals surface area contributed by atoms with E-state index in [1.807, 2.05) is 0 Å². The number of aromatic carboxylic acids is 1. The quantitative estimate of drug-likeness (QED) is 0.835. The van der Waals surface area contributed by atoms with Gasteiger partial charge in [0.05, 0.1) is 16.6 Å². The van der Waals surface area contributed by atoms with Gasteiger partial charge in [-0.25, -0.2) is 4.79 Å². The van der Waals surface area contributed by atoms with E-state index < -0.39 is 17.1 Å². The molecule has 0 spiro atoms. The molecule has 1 fully saturated rings. The predicted molar refractivity (Wildman–Crippen MR) is 77.7 cm³/mol. The molecule has 6 heteroatoms. The van der Waals surface area contributed by atoms with Crippen LogP contribution in [0.5, 0.6) is 0 Å². The molecule has 0 radical (unpaired) electrons. The zero-order valence-corrected chi connectivity index (χ0v) is 11.7. The molecule has 0 saturated heterocycles. The van der Waals surface area contributed by atoms with E-state index in [9.17, 15) is 14.4 Å². The van der Waals surface area contributed by atoms with Gasteiger partial charge in [-0.15, -0.1) is 0 Å². The zero-order chi connectivity index (χ0) is 15.2. The summed E-state index contributed by atoms with van der Waals surface area (Å²) in [5, 5.41) is 9.09. The lowest BCUT2D eigenvalue weighted by Crippen LogP contribution is -2.38. The molecule has 110 valence electrons.